The smallest absolute Gasteiger partial charge is 0.341 e. The van der Waals surface area contributed by atoms with E-state index in [4.69, 9.17) is 17.0 Å². The Morgan fingerprint density at radius 1 is 1.00 bits per heavy atom. The number of benzene rings is 1. The molecule has 1 aliphatic carbocycles. The molecule has 172 valence electrons. The first kappa shape index (κ1) is 23.2. The predicted molar refractivity (Wildman–Crippen MR) is 137 cm³/mol. The average molecular weight is 472 g/mol. The van der Waals surface area contributed by atoms with Crippen molar-refractivity contribution in [3.05, 3.63) is 45.8 Å². The van der Waals surface area contributed by atoms with Crippen molar-refractivity contribution in [2.45, 2.75) is 64.3 Å². The number of methoxy groups -OCH3 is 1. The van der Waals surface area contributed by atoms with Crippen LogP contribution in [0.25, 0.3) is 0 Å². The second-order valence-corrected chi connectivity index (χ2v) is 10.2. The van der Waals surface area contributed by atoms with E-state index in [1.807, 2.05) is 0 Å². The highest BCUT2D eigenvalue weighted by Gasteiger charge is 2.25. The van der Waals surface area contributed by atoms with E-state index in [1.165, 1.54) is 69.2 Å². The number of anilines is 2. The Morgan fingerprint density at radius 3 is 2.41 bits per heavy atom. The first-order valence-corrected chi connectivity index (χ1v) is 13.0. The van der Waals surface area contributed by atoms with Crippen molar-refractivity contribution < 1.29 is 9.53 Å². The van der Waals surface area contributed by atoms with Crippen LogP contribution in [0.15, 0.2) is 24.3 Å². The molecule has 1 fully saturated rings. The van der Waals surface area contributed by atoms with Gasteiger partial charge in [0.15, 0.2) is 5.11 Å². The van der Waals surface area contributed by atoms with Gasteiger partial charge < -0.3 is 15.4 Å². The zero-order chi connectivity index (χ0) is 22.3. The minimum absolute atomic E-state index is 0.282. The minimum atomic E-state index is -0.282. The van der Waals surface area contributed by atoms with Gasteiger partial charge in [0.25, 0.3) is 0 Å². The highest BCUT2D eigenvalue weighted by molar-refractivity contribution is 7.80. The minimum Gasteiger partial charge on any atom is -0.465 e. The van der Waals surface area contributed by atoms with E-state index in [0.29, 0.717) is 10.7 Å². The topological polar surface area (TPSA) is 53.6 Å². The number of piperidine rings is 1. The third kappa shape index (κ3) is 5.88. The number of nitrogens with zero attached hydrogens (tertiary/aromatic N) is 1. The molecule has 2 heterocycles. The van der Waals surface area contributed by atoms with Gasteiger partial charge in [-0.1, -0.05) is 31.4 Å². The van der Waals surface area contributed by atoms with Crippen LogP contribution in [0.1, 0.15) is 71.3 Å². The fraction of sp³-hybridized carbons (Fsp3) is 0.520. The largest absolute Gasteiger partial charge is 0.465 e. The van der Waals surface area contributed by atoms with E-state index in [2.05, 4.69) is 39.8 Å². The van der Waals surface area contributed by atoms with Crippen molar-refractivity contribution in [3.8, 4) is 0 Å². The fourth-order valence-electron chi connectivity index (χ4n) is 4.66. The molecule has 1 aromatic carbocycles. The molecule has 0 radical (unpaired) electrons. The van der Waals surface area contributed by atoms with Crippen LogP contribution in [0.2, 0.25) is 0 Å². The van der Waals surface area contributed by atoms with Crippen molar-refractivity contribution >= 4 is 45.3 Å². The van der Waals surface area contributed by atoms with Crippen LogP contribution in [0, 0.1) is 0 Å². The number of nitrogens with one attached hydrogen (secondary N) is 2. The van der Waals surface area contributed by atoms with Gasteiger partial charge in [-0.25, -0.2) is 4.79 Å². The van der Waals surface area contributed by atoms with Crippen molar-refractivity contribution in [2.75, 3.05) is 30.8 Å². The second kappa shape index (κ2) is 11.3. The van der Waals surface area contributed by atoms with Crippen LogP contribution in [0.4, 0.5) is 10.7 Å². The molecule has 2 aliphatic rings. The average Bonchev–Trinajstić information content (AvgIpc) is 3.11. The normalized spacial score (nSPS) is 17.0. The predicted octanol–water partition coefficient (Wildman–Crippen LogP) is 5.99. The first-order valence-electron chi connectivity index (χ1n) is 11.8. The zero-order valence-corrected chi connectivity index (χ0v) is 20.5. The van der Waals surface area contributed by atoms with Crippen LogP contribution < -0.4 is 10.6 Å². The van der Waals surface area contributed by atoms with Crippen LogP contribution in [-0.2, 0) is 24.1 Å². The fourth-order valence-corrected chi connectivity index (χ4v) is 6.23. The number of esters is 1. The zero-order valence-electron chi connectivity index (χ0n) is 18.9. The quantitative estimate of drug-likeness (QED) is 0.413. The van der Waals surface area contributed by atoms with Gasteiger partial charge in [0, 0.05) is 17.1 Å². The molecule has 0 amide bonds. The van der Waals surface area contributed by atoms with Crippen molar-refractivity contribution in [1.82, 2.24) is 4.90 Å². The summed E-state index contributed by atoms with van der Waals surface area (Å²) in [6, 6.07) is 8.47. The number of hydrogen-bond acceptors (Lipinski definition) is 5. The second-order valence-electron chi connectivity index (χ2n) is 8.73. The molecule has 7 heteroatoms. The summed E-state index contributed by atoms with van der Waals surface area (Å²) in [7, 11) is 1.45. The Kier molecular flexibility index (Phi) is 8.16. The van der Waals surface area contributed by atoms with Crippen molar-refractivity contribution in [3.63, 3.8) is 0 Å². The molecule has 32 heavy (non-hydrogen) atoms. The van der Waals surface area contributed by atoms with Crippen LogP contribution in [-0.4, -0.2) is 36.2 Å². The van der Waals surface area contributed by atoms with Gasteiger partial charge in [-0.2, -0.15) is 0 Å². The molecule has 2 N–H and O–H groups in total. The maximum Gasteiger partial charge on any atom is 0.341 e. The molecule has 1 aromatic heterocycles. The number of thiophene rings is 1. The number of rotatable bonds is 5. The van der Waals surface area contributed by atoms with Crippen LogP contribution in [0.5, 0.6) is 0 Å². The number of likely N-dealkylation sites (tertiary alicyclic amines) is 1. The summed E-state index contributed by atoms with van der Waals surface area (Å²) in [6.45, 7) is 3.40. The summed E-state index contributed by atoms with van der Waals surface area (Å²) < 4.78 is 5.11. The first-order chi connectivity index (χ1) is 15.6. The molecular formula is C25H33N3O2S2. The van der Waals surface area contributed by atoms with Gasteiger partial charge in [0.2, 0.25) is 0 Å². The van der Waals surface area contributed by atoms with Crippen molar-refractivity contribution in [1.29, 1.82) is 0 Å². The van der Waals surface area contributed by atoms with Crippen LogP contribution in [0.3, 0.4) is 0 Å². The van der Waals surface area contributed by atoms with E-state index in [0.717, 1.165) is 42.1 Å². The summed E-state index contributed by atoms with van der Waals surface area (Å²) in [5.74, 6) is -0.282. The maximum atomic E-state index is 12.6. The van der Waals surface area contributed by atoms with Gasteiger partial charge in [-0.15, -0.1) is 11.3 Å². The number of aryl methyl sites for hydroxylation is 1. The summed E-state index contributed by atoms with van der Waals surface area (Å²) in [5, 5.41) is 7.84. The van der Waals surface area contributed by atoms with Gasteiger partial charge in [-0.05, 0) is 87.1 Å². The summed E-state index contributed by atoms with van der Waals surface area (Å²) in [5.41, 5.74) is 4.08. The van der Waals surface area contributed by atoms with E-state index in [9.17, 15) is 4.79 Å². The van der Waals surface area contributed by atoms with Crippen molar-refractivity contribution in [2.24, 2.45) is 0 Å². The lowest BCUT2D eigenvalue weighted by molar-refractivity contribution is 0.0601. The molecule has 4 rings (SSSR count). The molecule has 0 spiro atoms. The summed E-state index contributed by atoms with van der Waals surface area (Å²) >= 11 is 7.23. The molecule has 0 unspecified atom stereocenters. The van der Waals surface area contributed by atoms with E-state index < -0.39 is 0 Å². The number of fused-ring (bicyclic) bond motifs is 1. The molecular weight excluding hydrogens is 438 g/mol. The Balaban J connectivity index is 1.42. The maximum absolute atomic E-state index is 12.6. The number of thiocarbonyl (C=S) groups is 1. The van der Waals surface area contributed by atoms with Gasteiger partial charge in [0.1, 0.15) is 5.00 Å². The monoisotopic (exact) mass is 471 g/mol. The Morgan fingerprint density at radius 2 is 1.69 bits per heavy atom. The third-order valence-electron chi connectivity index (χ3n) is 6.35. The molecule has 1 saturated heterocycles. The molecule has 0 atom stereocenters. The van der Waals surface area contributed by atoms with E-state index in [1.54, 1.807) is 11.3 Å². The Hall–Kier alpha value is -1.96. The lowest BCUT2D eigenvalue weighted by Gasteiger charge is -2.26. The third-order valence-corrected chi connectivity index (χ3v) is 7.77. The molecule has 0 bridgehead atoms. The lowest BCUT2D eigenvalue weighted by atomic mass is 9.96. The van der Waals surface area contributed by atoms with Gasteiger partial charge >= 0.3 is 5.97 Å². The van der Waals surface area contributed by atoms with Gasteiger partial charge in [-0.3, -0.25) is 4.90 Å². The number of carbonyl (C=O) groups excluding carboxylic acids is 1. The summed E-state index contributed by atoms with van der Waals surface area (Å²) in [4.78, 5) is 16.4. The van der Waals surface area contributed by atoms with Crippen LogP contribution >= 0.6 is 23.6 Å². The molecule has 0 saturated carbocycles. The number of ether oxygens (including phenoxy) is 1. The highest BCUT2D eigenvalue weighted by atomic mass is 32.1. The SMILES string of the molecule is COC(=O)c1c(NC(=S)Nc2ccc(CN3CCCCC3)cc2)sc2c1CCCCCC2. The Labute approximate surface area is 200 Å². The number of carbonyl (C=O) groups is 1. The Bertz CT molecular complexity index is 933. The molecule has 1 aliphatic heterocycles. The lowest BCUT2D eigenvalue weighted by Crippen LogP contribution is -2.29. The van der Waals surface area contributed by atoms with E-state index >= 15 is 0 Å². The van der Waals surface area contributed by atoms with E-state index in [-0.39, 0.29) is 5.97 Å². The standard InChI is InChI=1S/C25H33N3O2S2/c1-30-24(29)22-20-9-5-2-3-6-10-21(20)32-23(22)27-25(31)26-19-13-11-18(12-14-19)17-28-15-7-4-8-16-28/h11-14H,2-10,15-17H2,1H3,(H2,26,27,31). The summed E-state index contributed by atoms with van der Waals surface area (Å²) in [6.07, 6.45) is 10.7. The highest BCUT2D eigenvalue weighted by Crippen LogP contribution is 2.37. The molecule has 2 aromatic rings. The molecule has 5 nitrogen and oxygen atoms in total. The van der Waals surface area contributed by atoms with Gasteiger partial charge in [0.05, 0.1) is 12.7 Å². The number of hydrogen-bond donors (Lipinski definition) is 2.